The molecule has 154 valence electrons. The fraction of sp³-hybridized carbons (Fsp3) is 0.625. The molecule has 0 saturated carbocycles. The SMILES string of the molecule is CCNC(=NCCS(=O)(=O)N1CCSCC1)NCCc1ccc(Cl)nc1.I. The van der Waals surface area contributed by atoms with Crippen LogP contribution in [0.25, 0.3) is 0 Å². The third kappa shape index (κ3) is 9.16. The molecule has 1 aromatic heterocycles. The first-order chi connectivity index (χ1) is 12.5. The van der Waals surface area contributed by atoms with Crippen molar-refractivity contribution < 1.29 is 8.42 Å². The van der Waals surface area contributed by atoms with Gasteiger partial charge in [-0.3, -0.25) is 4.99 Å². The molecule has 0 aromatic carbocycles. The lowest BCUT2D eigenvalue weighted by molar-refractivity contribution is 0.444. The fourth-order valence-electron chi connectivity index (χ4n) is 2.45. The van der Waals surface area contributed by atoms with E-state index in [1.165, 1.54) is 0 Å². The number of guanidine groups is 1. The molecule has 0 unspecified atom stereocenters. The van der Waals surface area contributed by atoms with Gasteiger partial charge in [0.1, 0.15) is 5.15 Å². The van der Waals surface area contributed by atoms with Crippen molar-refractivity contribution in [3.8, 4) is 0 Å². The van der Waals surface area contributed by atoms with Crippen LogP contribution in [-0.2, 0) is 16.4 Å². The molecule has 0 atom stereocenters. The fourth-order valence-corrected chi connectivity index (χ4v) is 5.01. The molecule has 7 nitrogen and oxygen atoms in total. The van der Waals surface area contributed by atoms with Crippen molar-refractivity contribution in [2.45, 2.75) is 13.3 Å². The molecule has 27 heavy (non-hydrogen) atoms. The molecule has 0 amide bonds. The number of rotatable bonds is 8. The van der Waals surface area contributed by atoms with E-state index in [4.69, 9.17) is 11.6 Å². The third-order valence-corrected chi connectivity index (χ3v) is 6.84. The maximum absolute atomic E-state index is 12.3. The van der Waals surface area contributed by atoms with E-state index >= 15 is 0 Å². The molecular formula is C16H27ClIN5O2S2. The molecule has 11 heteroatoms. The van der Waals surface area contributed by atoms with Crippen molar-refractivity contribution in [2.75, 3.05) is 50.0 Å². The molecular weight excluding hydrogens is 521 g/mol. The number of thioether (sulfide) groups is 1. The summed E-state index contributed by atoms with van der Waals surface area (Å²) < 4.78 is 26.3. The summed E-state index contributed by atoms with van der Waals surface area (Å²) >= 11 is 7.57. The summed E-state index contributed by atoms with van der Waals surface area (Å²) in [5.41, 5.74) is 1.07. The molecule has 2 N–H and O–H groups in total. The van der Waals surface area contributed by atoms with Crippen molar-refractivity contribution in [2.24, 2.45) is 4.99 Å². The van der Waals surface area contributed by atoms with Gasteiger partial charge in [-0.05, 0) is 25.0 Å². The van der Waals surface area contributed by atoms with E-state index in [0.717, 1.165) is 23.5 Å². The number of pyridine rings is 1. The molecule has 1 aliphatic heterocycles. The van der Waals surface area contributed by atoms with Crippen LogP contribution in [0, 0.1) is 0 Å². The van der Waals surface area contributed by atoms with Gasteiger partial charge in [-0.2, -0.15) is 11.8 Å². The van der Waals surface area contributed by atoms with Crippen LogP contribution < -0.4 is 10.6 Å². The van der Waals surface area contributed by atoms with Gasteiger partial charge in [-0.15, -0.1) is 24.0 Å². The van der Waals surface area contributed by atoms with Gasteiger partial charge in [-0.25, -0.2) is 17.7 Å². The molecule has 0 aliphatic carbocycles. The van der Waals surface area contributed by atoms with Gasteiger partial charge >= 0.3 is 0 Å². The Kier molecular flexibility index (Phi) is 11.9. The Morgan fingerprint density at radius 1 is 1.33 bits per heavy atom. The van der Waals surface area contributed by atoms with Gasteiger partial charge in [0.2, 0.25) is 10.0 Å². The number of aromatic nitrogens is 1. The standard InChI is InChI=1S/C16H26ClN5O2S2.HI/c1-2-18-16(19-6-5-14-3-4-15(17)21-13-14)20-7-12-26(23,24)22-8-10-25-11-9-22;/h3-4,13H,2,5-12H2,1H3,(H2,18,19,20);1H. The lowest BCUT2D eigenvalue weighted by atomic mass is 10.2. The average molecular weight is 548 g/mol. The number of halogens is 2. The van der Waals surface area contributed by atoms with Gasteiger partial charge < -0.3 is 10.6 Å². The minimum Gasteiger partial charge on any atom is -0.357 e. The maximum atomic E-state index is 12.3. The predicted molar refractivity (Wildman–Crippen MR) is 125 cm³/mol. The highest BCUT2D eigenvalue weighted by Gasteiger charge is 2.23. The topological polar surface area (TPSA) is 86.7 Å². The van der Waals surface area contributed by atoms with Crippen LogP contribution in [-0.4, -0.2) is 73.6 Å². The van der Waals surface area contributed by atoms with E-state index in [-0.39, 0.29) is 36.3 Å². The second-order valence-electron chi connectivity index (χ2n) is 5.75. The molecule has 1 aromatic rings. The normalized spacial score (nSPS) is 15.9. The van der Waals surface area contributed by atoms with Crippen LogP contribution >= 0.6 is 47.3 Å². The number of aliphatic imine (C=N–C) groups is 1. The van der Waals surface area contributed by atoms with E-state index in [1.54, 1.807) is 28.3 Å². The van der Waals surface area contributed by atoms with Crippen LogP contribution in [0.5, 0.6) is 0 Å². The van der Waals surface area contributed by atoms with Gasteiger partial charge in [-0.1, -0.05) is 17.7 Å². The molecule has 1 aliphatic rings. The minimum absolute atomic E-state index is 0. The Balaban J connectivity index is 0.00000364. The van der Waals surface area contributed by atoms with Crippen LogP contribution in [0.2, 0.25) is 5.15 Å². The third-order valence-electron chi connectivity index (χ3n) is 3.82. The zero-order valence-corrected chi connectivity index (χ0v) is 20.1. The summed E-state index contributed by atoms with van der Waals surface area (Å²) in [6, 6.07) is 3.70. The van der Waals surface area contributed by atoms with Crippen LogP contribution in [0.3, 0.4) is 0 Å². The Labute approximate surface area is 188 Å². The zero-order valence-electron chi connectivity index (χ0n) is 15.4. The summed E-state index contributed by atoms with van der Waals surface area (Å²) in [6.45, 7) is 4.80. The van der Waals surface area contributed by atoms with E-state index in [2.05, 4.69) is 20.6 Å². The first-order valence-electron chi connectivity index (χ1n) is 8.69. The summed E-state index contributed by atoms with van der Waals surface area (Å²) in [6.07, 6.45) is 2.52. The van der Waals surface area contributed by atoms with Crippen LogP contribution in [0.1, 0.15) is 12.5 Å². The quantitative estimate of drug-likeness (QED) is 0.224. The summed E-state index contributed by atoms with van der Waals surface area (Å²) in [5, 5.41) is 6.83. The molecule has 1 fully saturated rings. The number of nitrogens with one attached hydrogen (secondary N) is 2. The van der Waals surface area contributed by atoms with Crippen LogP contribution in [0.15, 0.2) is 23.3 Å². The molecule has 2 rings (SSSR count). The largest absolute Gasteiger partial charge is 0.357 e. The van der Waals surface area contributed by atoms with Crippen molar-refractivity contribution >= 4 is 63.3 Å². The minimum atomic E-state index is -3.22. The predicted octanol–water partition coefficient (Wildman–Crippen LogP) is 1.83. The van der Waals surface area contributed by atoms with Gasteiger partial charge in [0.05, 0.1) is 12.3 Å². The Morgan fingerprint density at radius 2 is 2.07 bits per heavy atom. The zero-order chi connectivity index (χ0) is 18.8. The summed E-state index contributed by atoms with van der Waals surface area (Å²) in [4.78, 5) is 8.44. The lowest BCUT2D eigenvalue weighted by Gasteiger charge is -2.25. The lowest BCUT2D eigenvalue weighted by Crippen LogP contribution is -2.41. The summed E-state index contributed by atoms with van der Waals surface area (Å²) in [7, 11) is -3.22. The van der Waals surface area contributed by atoms with Gasteiger partial charge in [0.15, 0.2) is 5.96 Å². The van der Waals surface area contributed by atoms with Gasteiger partial charge in [0, 0.05) is 43.9 Å². The van der Waals surface area contributed by atoms with E-state index in [9.17, 15) is 8.42 Å². The number of sulfonamides is 1. The molecule has 0 spiro atoms. The van der Waals surface area contributed by atoms with E-state index < -0.39 is 10.0 Å². The molecule has 1 saturated heterocycles. The number of nitrogens with zero attached hydrogens (tertiary/aromatic N) is 3. The van der Waals surface area contributed by atoms with Crippen molar-refractivity contribution in [3.63, 3.8) is 0 Å². The van der Waals surface area contributed by atoms with Crippen LogP contribution in [0.4, 0.5) is 0 Å². The Bertz CT molecular complexity index is 683. The van der Waals surface area contributed by atoms with E-state index in [0.29, 0.717) is 37.3 Å². The average Bonchev–Trinajstić information content (AvgIpc) is 2.64. The maximum Gasteiger partial charge on any atom is 0.215 e. The van der Waals surface area contributed by atoms with Crippen molar-refractivity contribution in [1.29, 1.82) is 0 Å². The second kappa shape index (κ2) is 13.0. The highest BCUT2D eigenvalue weighted by molar-refractivity contribution is 14.0. The molecule has 2 heterocycles. The van der Waals surface area contributed by atoms with E-state index in [1.807, 2.05) is 13.0 Å². The monoisotopic (exact) mass is 547 g/mol. The highest BCUT2D eigenvalue weighted by Crippen LogP contribution is 2.13. The Morgan fingerprint density at radius 3 is 2.70 bits per heavy atom. The number of hydrogen-bond acceptors (Lipinski definition) is 5. The Hall–Kier alpha value is -0.300. The first kappa shape index (κ1) is 24.7. The first-order valence-corrected chi connectivity index (χ1v) is 11.8. The second-order valence-corrected chi connectivity index (χ2v) is 9.45. The molecule has 0 bridgehead atoms. The van der Waals surface area contributed by atoms with Crippen molar-refractivity contribution in [3.05, 3.63) is 29.0 Å². The number of hydrogen-bond donors (Lipinski definition) is 2. The van der Waals surface area contributed by atoms with Gasteiger partial charge in [0.25, 0.3) is 0 Å². The van der Waals surface area contributed by atoms with Crippen molar-refractivity contribution in [1.82, 2.24) is 19.9 Å². The highest BCUT2D eigenvalue weighted by atomic mass is 127. The summed E-state index contributed by atoms with van der Waals surface area (Å²) in [5.74, 6) is 2.40. The molecule has 0 radical (unpaired) electrons. The smallest absolute Gasteiger partial charge is 0.215 e.